The van der Waals surface area contributed by atoms with Gasteiger partial charge in [0.05, 0.1) is 0 Å². The minimum absolute atomic E-state index is 0.913. The van der Waals surface area contributed by atoms with Gasteiger partial charge in [-0.25, -0.2) is 0 Å². The SMILES string of the molecule is c1ccc(-c2ccc3ccc4c(-c5cc(-c6cccc7ccccc67)c6oc7cc8ccccc8cc7c6c5)ccc5ccc2c3c54)cc1. The van der Waals surface area contributed by atoms with E-state index in [0.717, 1.165) is 27.5 Å². The van der Waals surface area contributed by atoms with Gasteiger partial charge >= 0.3 is 0 Å². The second kappa shape index (κ2) is 10.0. The van der Waals surface area contributed by atoms with Crippen LogP contribution in [0.25, 0.3) is 109 Å². The van der Waals surface area contributed by atoms with E-state index in [9.17, 15) is 0 Å². The van der Waals surface area contributed by atoms with Gasteiger partial charge in [0.15, 0.2) is 0 Å². The molecule has 10 aromatic carbocycles. The molecule has 226 valence electrons. The van der Waals surface area contributed by atoms with Gasteiger partial charge in [0.25, 0.3) is 0 Å². The number of furan rings is 1. The molecule has 1 heterocycles. The topological polar surface area (TPSA) is 13.1 Å². The van der Waals surface area contributed by atoms with Gasteiger partial charge in [-0.1, -0.05) is 146 Å². The maximum atomic E-state index is 6.82. The van der Waals surface area contributed by atoms with E-state index in [1.54, 1.807) is 0 Å². The first kappa shape index (κ1) is 26.6. The van der Waals surface area contributed by atoms with Crippen LogP contribution < -0.4 is 0 Å². The van der Waals surface area contributed by atoms with Crippen molar-refractivity contribution in [1.29, 1.82) is 0 Å². The third kappa shape index (κ3) is 3.87. The van der Waals surface area contributed by atoms with Crippen LogP contribution in [0.5, 0.6) is 0 Å². The second-order valence-corrected chi connectivity index (χ2v) is 13.2. The summed E-state index contributed by atoms with van der Waals surface area (Å²) >= 11 is 0. The zero-order valence-corrected chi connectivity index (χ0v) is 26.6. The standard InChI is InChI=1S/C48H28O/c1-2-9-29(10-3-1)37-21-17-31-20-24-41-38(22-18-32-19-23-40(37)46(31)47(32)41)35-26-43(39-16-8-14-30-11-6-7-15-36(30)39)48-44(27-35)42-25-33-12-4-5-13-34(33)28-45(42)49-48/h1-28H. The predicted molar refractivity (Wildman–Crippen MR) is 209 cm³/mol. The number of fused-ring (bicyclic) bond motifs is 5. The van der Waals surface area contributed by atoms with Crippen LogP contribution >= 0.6 is 0 Å². The first-order chi connectivity index (χ1) is 24.3. The van der Waals surface area contributed by atoms with E-state index >= 15 is 0 Å². The van der Waals surface area contributed by atoms with Gasteiger partial charge in [-0.15, -0.1) is 0 Å². The van der Waals surface area contributed by atoms with Crippen molar-refractivity contribution in [1.82, 2.24) is 0 Å². The zero-order chi connectivity index (χ0) is 32.1. The fourth-order valence-electron chi connectivity index (χ4n) is 8.30. The largest absolute Gasteiger partial charge is 0.455 e. The molecule has 0 N–H and O–H groups in total. The molecule has 0 radical (unpaired) electrons. The highest BCUT2D eigenvalue weighted by atomic mass is 16.3. The van der Waals surface area contributed by atoms with Crippen molar-refractivity contribution in [3.63, 3.8) is 0 Å². The molecule has 0 aliphatic carbocycles. The molecule has 0 fully saturated rings. The lowest BCUT2D eigenvalue weighted by atomic mass is 9.86. The molecule has 1 heteroatoms. The molecule has 0 amide bonds. The van der Waals surface area contributed by atoms with E-state index in [2.05, 4.69) is 170 Å². The van der Waals surface area contributed by atoms with E-state index < -0.39 is 0 Å². The highest BCUT2D eigenvalue weighted by Gasteiger charge is 2.20. The van der Waals surface area contributed by atoms with Crippen LogP contribution in [0.2, 0.25) is 0 Å². The van der Waals surface area contributed by atoms with Crippen molar-refractivity contribution < 1.29 is 4.42 Å². The average Bonchev–Trinajstić information content (AvgIpc) is 3.52. The third-order valence-corrected chi connectivity index (χ3v) is 10.6. The van der Waals surface area contributed by atoms with E-state index in [1.807, 2.05) is 0 Å². The lowest BCUT2D eigenvalue weighted by molar-refractivity contribution is 0.670. The summed E-state index contributed by atoms with van der Waals surface area (Å²) in [6, 6.07) is 62.1. The molecule has 0 saturated carbocycles. The Kier molecular flexibility index (Phi) is 5.45. The number of hydrogen-bond donors (Lipinski definition) is 0. The Labute approximate surface area is 282 Å². The molecule has 1 nitrogen and oxygen atoms in total. The second-order valence-electron chi connectivity index (χ2n) is 13.2. The fourth-order valence-corrected chi connectivity index (χ4v) is 8.30. The maximum absolute atomic E-state index is 6.82. The lowest BCUT2D eigenvalue weighted by Crippen LogP contribution is -1.90. The van der Waals surface area contributed by atoms with Crippen LogP contribution in [0.4, 0.5) is 0 Å². The molecule has 0 bridgehead atoms. The van der Waals surface area contributed by atoms with Gasteiger partial charge < -0.3 is 4.42 Å². The molecular formula is C48H28O. The van der Waals surface area contributed by atoms with Crippen molar-refractivity contribution in [2.75, 3.05) is 0 Å². The number of rotatable bonds is 3. The molecule has 49 heavy (non-hydrogen) atoms. The number of benzene rings is 10. The summed E-state index contributed by atoms with van der Waals surface area (Å²) in [4.78, 5) is 0. The number of hydrogen-bond acceptors (Lipinski definition) is 1. The lowest BCUT2D eigenvalue weighted by Gasteiger charge is -2.17. The first-order valence-corrected chi connectivity index (χ1v) is 16.9. The zero-order valence-electron chi connectivity index (χ0n) is 26.6. The molecule has 0 unspecified atom stereocenters. The van der Waals surface area contributed by atoms with Crippen molar-refractivity contribution in [2.24, 2.45) is 0 Å². The smallest absolute Gasteiger partial charge is 0.143 e. The summed E-state index contributed by atoms with van der Waals surface area (Å²) in [6.07, 6.45) is 0. The Hall–Kier alpha value is -6.44. The average molecular weight is 621 g/mol. The molecular weight excluding hydrogens is 593 g/mol. The van der Waals surface area contributed by atoms with Crippen molar-refractivity contribution in [3.8, 4) is 33.4 Å². The summed E-state index contributed by atoms with van der Waals surface area (Å²) in [7, 11) is 0. The van der Waals surface area contributed by atoms with Crippen LogP contribution in [0.15, 0.2) is 174 Å². The fraction of sp³-hybridized carbons (Fsp3) is 0. The Morgan fingerprint density at radius 1 is 0.286 bits per heavy atom. The van der Waals surface area contributed by atoms with Crippen molar-refractivity contribution in [2.45, 2.75) is 0 Å². The molecule has 0 aliphatic heterocycles. The summed E-state index contributed by atoms with van der Waals surface area (Å²) in [5.41, 5.74) is 9.06. The Morgan fingerprint density at radius 3 is 1.65 bits per heavy atom. The quantitative estimate of drug-likeness (QED) is 0.179. The van der Waals surface area contributed by atoms with Crippen LogP contribution in [0.3, 0.4) is 0 Å². The highest BCUT2D eigenvalue weighted by molar-refractivity contribution is 6.28. The van der Waals surface area contributed by atoms with Crippen LogP contribution in [0.1, 0.15) is 0 Å². The van der Waals surface area contributed by atoms with E-state index in [0.29, 0.717) is 0 Å². The minimum Gasteiger partial charge on any atom is -0.455 e. The van der Waals surface area contributed by atoms with Gasteiger partial charge in [0.2, 0.25) is 0 Å². The van der Waals surface area contributed by atoms with E-state index in [1.165, 1.54) is 81.7 Å². The third-order valence-electron chi connectivity index (χ3n) is 10.6. The summed E-state index contributed by atoms with van der Waals surface area (Å²) in [5.74, 6) is 0. The molecule has 0 aliphatic rings. The summed E-state index contributed by atoms with van der Waals surface area (Å²) < 4.78 is 6.82. The summed E-state index contributed by atoms with van der Waals surface area (Å²) in [6.45, 7) is 0. The molecule has 1 aromatic heterocycles. The van der Waals surface area contributed by atoms with Crippen LogP contribution in [-0.2, 0) is 0 Å². The molecule has 11 rings (SSSR count). The van der Waals surface area contributed by atoms with Crippen LogP contribution in [-0.4, -0.2) is 0 Å². The predicted octanol–water partition coefficient (Wildman–Crippen LogP) is 13.8. The maximum Gasteiger partial charge on any atom is 0.143 e. The van der Waals surface area contributed by atoms with Gasteiger partial charge in [-0.3, -0.25) is 0 Å². The highest BCUT2D eigenvalue weighted by Crippen LogP contribution is 2.46. The van der Waals surface area contributed by atoms with Gasteiger partial charge in [-0.2, -0.15) is 0 Å². The van der Waals surface area contributed by atoms with Gasteiger partial charge in [0.1, 0.15) is 11.2 Å². The summed E-state index contributed by atoms with van der Waals surface area (Å²) in [5, 5.41) is 14.8. The minimum atomic E-state index is 0.913. The molecule has 11 aromatic rings. The Balaban J connectivity index is 1.25. The normalized spacial score (nSPS) is 12.1. The van der Waals surface area contributed by atoms with Crippen molar-refractivity contribution in [3.05, 3.63) is 170 Å². The van der Waals surface area contributed by atoms with Crippen molar-refractivity contribution >= 4 is 75.8 Å². The van der Waals surface area contributed by atoms with Crippen LogP contribution in [0, 0.1) is 0 Å². The molecule has 0 atom stereocenters. The monoisotopic (exact) mass is 620 g/mol. The first-order valence-electron chi connectivity index (χ1n) is 16.9. The van der Waals surface area contributed by atoms with E-state index in [-0.39, 0.29) is 0 Å². The van der Waals surface area contributed by atoms with Gasteiger partial charge in [-0.05, 0) is 106 Å². The Bertz CT molecular complexity index is 3090. The Morgan fingerprint density at radius 2 is 0.898 bits per heavy atom. The van der Waals surface area contributed by atoms with E-state index in [4.69, 9.17) is 4.42 Å². The van der Waals surface area contributed by atoms with Gasteiger partial charge in [0, 0.05) is 16.3 Å². The molecule has 0 saturated heterocycles. The molecule has 0 spiro atoms.